The first-order chi connectivity index (χ1) is 9.76. The minimum Gasteiger partial charge on any atom is -0.326 e. The summed E-state index contributed by atoms with van der Waals surface area (Å²) < 4.78 is 0. The summed E-state index contributed by atoms with van der Waals surface area (Å²) in [5.41, 5.74) is 1.23. The van der Waals surface area contributed by atoms with Crippen LogP contribution < -0.4 is 5.32 Å². The van der Waals surface area contributed by atoms with E-state index < -0.39 is 0 Å². The zero-order valence-electron chi connectivity index (χ0n) is 12.6. The van der Waals surface area contributed by atoms with Crippen LogP contribution in [-0.4, -0.2) is 29.6 Å². The summed E-state index contributed by atoms with van der Waals surface area (Å²) in [6, 6.07) is 10.2. The molecule has 0 bridgehead atoms. The Hall–Kier alpha value is -1.35. The van der Waals surface area contributed by atoms with E-state index in [9.17, 15) is 4.79 Å². The fraction of sp³-hybridized carbons (Fsp3) is 0.588. The van der Waals surface area contributed by atoms with Gasteiger partial charge in [0.05, 0.1) is 12.2 Å². The number of hydrogen-bond acceptors (Lipinski definition) is 2. The summed E-state index contributed by atoms with van der Waals surface area (Å²) in [5.74, 6) is 0.275. The van der Waals surface area contributed by atoms with Gasteiger partial charge in [-0.05, 0) is 24.8 Å². The first-order valence-electron chi connectivity index (χ1n) is 7.86. The first kappa shape index (κ1) is 15.0. The predicted molar refractivity (Wildman–Crippen MR) is 82.4 cm³/mol. The number of carbonyl (C=O) groups is 1. The molecular weight excluding hydrogens is 248 g/mol. The monoisotopic (exact) mass is 274 g/mol. The Morgan fingerprint density at radius 3 is 2.55 bits per heavy atom. The Balaban J connectivity index is 1.96. The Labute approximate surface area is 122 Å². The van der Waals surface area contributed by atoms with Crippen molar-refractivity contribution in [1.82, 2.24) is 10.2 Å². The molecule has 2 unspecified atom stereocenters. The van der Waals surface area contributed by atoms with E-state index in [-0.39, 0.29) is 18.1 Å². The second kappa shape index (κ2) is 7.44. The van der Waals surface area contributed by atoms with Crippen LogP contribution in [0.5, 0.6) is 0 Å². The number of unbranched alkanes of at least 4 members (excludes halogenated alkanes) is 2. The van der Waals surface area contributed by atoms with Crippen molar-refractivity contribution in [3.63, 3.8) is 0 Å². The molecule has 1 aliphatic heterocycles. The second-order valence-electron chi connectivity index (χ2n) is 5.57. The maximum absolute atomic E-state index is 12.5. The van der Waals surface area contributed by atoms with Gasteiger partial charge < -0.3 is 4.90 Å². The molecule has 1 N–H and O–H groups in total. The molecule has 0 spiro atoms. The molecule has 0 radical (unpaired) electrons. The van der Waals surface area contributed by atoms with Gasteiger partial charge in [0, 0.05) is 6.54 Å². The standard InChI is InChI=1S/C17H26N2O/c1-3-5-9-12-19-16(4-2)18-15(17(19)20)13-14-10-7-6-8-11-14/h6-8,10-11,15-16,18H,3-5,9,12-13H2,1-2H3. The Morgan fingerprint density at radius 1 is 1.15 bits per heavy atom. The molecule has 1 saturated heterocycles. The number of benzene rings is 1. The second-order valence-corrected chi connectivity index (χ2v) is 5.57. The molecular formula is C17H26N2O. The van der Waals surface area contributed by atoms with Crippen LogP contribution in [0.25, 0.3) is 0 Å². The van der Waals surface area contributed by atoms with E-state index in [0.717, 1.165) is 25.8 Å². The fourth-order valence-corrected chi connectivity index (χ4v) is 2.88. The molecule has 1 aromatic rings. The van der Waals surface area contributed by atoms with Gasteiger partial charge in [-0.15, -0.1) is 0 Å². The zero-order valence-corrected chi connectivity index (χ0v) is 12.6. The maximum atomic E-state index is 12.5. The van der Waals surface area contributed by atoms with Crippen LogP contribution in [0.3, 0.4) is 0 Å². The lowest BCUT2D eigenvalue weighted by molar-refractivity contribution is -0.130. The van der Waals surface area contributed by atoms with Crippen LogP contribution in [0.2, 0.25) is 0 Å². The number of hydrogen-bond donors (Lipinski definition) is 1. The van der Waals surface area contributed by atoms with Crippen LogP contribution in [0.4, 0.5) is 0 Å². The van der Waals surface area contributed by atoms with Crippen LogP contribution in [0.1, 0.15) is 45.1 Å². The summed E-state index contributed by atoms with van der Waals surface area (Å²) in [4.78, 5) is 14.6. The highest BCUT2D eigenvalue weighted by atomic mass is 16.2. The van der Waals surface area contributed by atoms with Gasteiger partial charge in [0.25, 0.3) is 0 Å². The number of rotatable bonds is 7. The van der Waals surface area contributed by atoms with Crippen LogP contribution in [-0.2, 0) is 11.2 Å². The minimum absolute atomic E-state index is 0.0519. The highest BCUT2D eigenvalue weighted by Gasteiger charge is 2.37. The molecule has 3 nitrogen and oxygen atoms in total. The van der Waals surface area contributed by atoms with Crippen molar-refractivity contribution in [2.45, 2.75) is 58.2 Å². The van der Waals surface area contributed by atoms with E-state index >= 15 is 0 Å². The fourth-order valence-electron chi connectivity index (χ4n) is 2.88. The lowest BCUT2D eigenvalue weighted by Gasteiger charge is -2.22. The van der Waals surface area contributed by atoms with Crippen LogP contribution in [0, 0.1) is 0 Å². The summed E-state index contributed by atoms with van der Waals surface area (Å²) in [6.07, 6.45) is 5.48. The molecule has 20 heavy (non-hydrogen) atoms. The molecule has 0 aliphatic carbocycles. The lowest BCUT2D eigenvalue weighted by Crippen LogP contribution is -2.37. The molecule has 1 aromatic carbocycles. The summed E-state index contributed by atoms with van der Waals surface area (Å²) in [6.45, 7) is 5.23. The molecule has 1 heterocycles. The Bertz CT molecular complexity index is 418. The number of carbonyl (C=O) groups excluding carboxylic acids is 1. The van der Waals surface area contributed by atoms with Gasteiger partial charge in [0.15, 0.2) is 0 Å². The number of amides is 1. The molecule has 2 rings (SSSR count). The van der Waals surface area contributed by atoms with Gasteiger partial charge in [-0.1, -0.05) is 57.0 Å². The van der Waals surface area contributed by atoms with Gasteiger partial charge in [0.2, 0.25) is 5.91 Å². The van der Waals surface area contributed by atoms with Gasteiger partial charge >= 0.3 is 0 Å². The molecule has 1 fully saturated rings. The van der Waals surface area contributed by atoms with E-state index in [1.807, 2.05) is 23.1 Å². The van der Waals surface area contributed by atoms with Gasteiger partial charge in [-0.3, -0.25) is 10.1 Å². The molecule has 110 valence electrons. The smallest absolute Gasteiger partial charge is 0.241 e. The Morgan fingerprint density at radius 2 is 1.90 bits per heavy atom. The largest absolute Gasteiger partial charge is 0.326 e. The lowest BCUT2D eigenvalue weighted by atomic mass is 10.1. The van der Waals surface area contributed by atoms with E-state index in [0.29, 0.717) is 0 Å². The van der Waals surface area contributed by atoms with Crippen molar-refractivity contribution in [3.8, 4) is 0 Å². The number of nitrogens with one attached hydrogen (secondary N) is 1. The van der Waals surface area contributed by atoms with Gasteiger partial charge in [0.1, 0.15) is 0 Å². The Kier molecular flexibility index (Phi) is 5.60. The highest BCUT2D eigenvalue weighted by Crippen LogP contribution is 2.18. The highest BCUT2D eigenvalue weighted by molar-refractivity contribution is 5.84. The normalized spacial score (nSPS) is 22.5. The van der Waals surface area contributed by atoms with E-state index in [1.54, 1.807) is 0 Å². The van der Waals surface area contributed by atoms with E-state index in [4.69, 9.17) is 0 Å². The summed E-state index contributed by atoms with van der Waals surface area (Å²) in [7, 11) is 0. The first-order valence-corrected chi connectivity index (χ1v) is 7.86. The maximum Gasteiger partial charge on any atom is 0.241 e. The SMILES string of the molecule is CCCCCN1C(=O)C(Cc2ccccc2)NC1CC. The van der Waals surface area contributed by atoms with Crippen molar-refractivity contribution < 1.29 is 4.79 Å². The average Bonchev–Trinajstić information content (AvgIpc) is 2.77. The van der Waals surface area contributed by atoms with Gasteiger partial charge in [-0.2, -0.15) is 0 Å². The number of nitrogens with zero attached hydrogens (tertiary/aromatic N) is 1. The molecule has 0 saturated carbocycles. The van der Waals surface area contributed by atoms with Crippen molar-refractivity contribution in [3.05, 3.63) is 35.9 Å². The predicted octanol–water partition coefficient (Wildman–Crippen LogP) is 2.96. The van der Waals surface area contributed by atoms with Crippen molar-refractivity contribution in [2.75, 3.05) is 6.54 Å². The molecule has 2 atom stereocenters. The minimum atomic E-state index is -0.0519. The topological polar surface area (TPSA) is 32.3 Å². The van der Waals surface area contributed by atoms with Crippen molar-refractivity contribution in [2.24, 2.45) is 0 Å². The third-order valence-corrected chi connectivity index (χ3v) is 4.02. The quantitative estimate of drug-likeness (QED) is 0.775. The zero-order chi connectivity index (χ0) is 14.4. The molecule has 0 aromatic heterocycles. The molecule has 1 aliphatic rings. The van der Waals surface area contributed by atoms with Gasteiger partial charge in [-0.25, -0.2) is 0 Å². The van der Waals surface area contributed by atoms with E-state index in [2.05, 4.69) is 31.3 Å². The molecule has 1 amide bonds. The van der Waals surface area contributed by atoms with Crippen molar-refractivity contribution in [1.29, 1.82) is 0 Å². The average molecular weight is 274 g/mol. The molecule has 3 heteroatoms. The van der Waals surface area contributed by atoms with Crippen LogP contribution in [0.15, 0.2) is 30.3 Å². The van der Waals surface area contributed by atoms with Crippen LogP contribution >= 0.6 is 0 Å². The third kappa shape index (κ3) is 3.60. The van der Waals surface area contributed by atoms with E-state index in [1.165, 1.54) is 18.4 Å². The summed E-state index contributed by atoms with van der Waals surface area (Å²) in [5, 5.41) is 3.49. The third-order valence-electron chi connectivity index (χ3n) is 4.02. The summed E-state index contributed by atoms with van der Waals surface area (Å²) >= 11 is 0. The van der Waals surface area contributed by atoms with Crippen molar-refractivity contribution >= 4 is 5.91 Å².